The van der Waals surface area contributed by atoms with E-state index in [0.717, 1.165) is 17.9 Å². The number of thioether (sulfide) groups is 1. The molecular weight excluding hydrogens is 238 g/mol. The Bertz CT molecular complexity index is 227. The van der Waals surface area contributed by atoms with Crippen LogP contribution in [0.2, 0.25) is 0 Å². The first kappa shape index (κ1) is 16.4. The topological polar surface area (TPSA) is 12.0 Å². The molecule has 0 radical (unpaired) electrons. The highest BCUT2D eigenvalue weighted by Gasteiger charge is 2.38. The second-order valence-electron chi connectivity index (χ2n) is 6.82. The zero-order chi connectivity index (χ0) is 13.6. The van der Waals surface area contributed by atoms with Crippen LogP contribution in [0, 0.1) is 17.3 Å². The van der Waals surface area contributed by atoms with Crippen molar-refractivity contribution in [2.75, 3.05) is 18.6 Å². The van der Waals surface area contributed by atoms with E-state index in [1.165, 1.54) is 44.4 Å². The van der Waals surface area contributed by atoms with Gasteiger partial charge in [0.1, 0.15) is 0 Å². The van der Waals surface area contributed by atoms with E-state index in [2.05, 4.69) is 39.3 Å². The Hall–Kier alpha value is 0.310. The lowest BCUT2D eigenvalue weighted by atomic mass is 9.65. The maximum absolute atomic E-state index is 3.83. The summed E-state index contributed by atoms with van der Waals surface area (Å²) >= 11 is 1.99. The maximum Gasteiger partial charge on any atom is 0.0103 e. The van der Waals surface area contributed by atoms with Gasteiger partial charge < -0.3 is 5.32 Å². The van der Waals surface area contributed by atoms with Crippen molar-refractivity contribution in [2.24, 2.45) is 17.3 Å². The summed E-state index contributed by atoms with van der Waals surface area (Å²) in [5.41, 5.74) is 0.495. The predicted molar refractivity (Wildman–Crippen MR) is 85.4 cm³/mol. The molecule has 18 heavy (non-hydrogen) atoms. The van der Waals surface area contributed by atoms with E-state index in [9.17, 15) is 0 Å². The summed E-state index contributed by atoms with van der Waals surface area (Å²) in [6.45, 7) is 10.9. The monoisotopic (exact) mass is 271 g/mol. The third-order valence-corrected chi connectivity index (χ3v) is 5.34. The second kappa shape index (κ2) is 7.79. The molecule has 0 saturated heterocycles. The fourth-order valence-corrected chi connectivity index (χ4v) is 4.15. The molecule has 1 N–H and O–H groups in total. The van der Waals surface area contributed by atoms with Crippen LogP contribution in [0.4, 0.5) is 0 Å². The molecule has 1 rings (SSSR count). The average Bonchev–Trinajstić information content (AvgIpc) is 2.33. The Morgan fingerprint density at radius 3 is 2.61 bits per heavy atom. The predicted octanol–water partition coefficient (Wildman–Crippen LogP) is 4.57. The van der Waals surface area contributed by atoms with Crippen molar-refractivity contribution in [3.8, 4) is 0 Å². The minimum Gasteiger partial charge on any atom is -0.314 e. The Morgan fingerprint density at radius 1 is 1.28 bits per heavy atom. The Balaban J connectivity index is 2.62. The van der Waals surface area contributed by atoms with Gasteiger partial charge in [-0.15, -0.1) is 0 Å². The van der Waals surface area contributed by atoms with Gasteiger partial charge in [-0.2, -0.15) is 11.8 Å². The first-order valence-electron chi connectivity index (χ1n) is 7.73. The van der Waals surface area contributed by atoms with E-state index in [1.54, 1.807) is 0 Å². The molecule has 0 aliphatic heterocycles. The normalized spacial score (nSPS) is 29.5. The maximum atomic E-state index is 3.83. The first-order chi connectivity index (χ1) is 8.51. The van der Waals surface area contributed by atoms with E-state index in [4.69, 9.17) is 0 Å². The second-order valence-corrected chi connectivity index (χ2v) is 7.80. The highest BCUT2D eigenvalue weighted by atomic mass is 32.2. The summed E-state index contributed by atoms with van der Waals surface area (Å²) in [7, 11) is 0. The minimum atomic E-state index is 0.495. The van der Waals surface area contributed by atoms with Gasteiger partial charge in [-0.05, 0) is 61.5 Å². The van der Waals surface area contributed by atoms with Crippen molar-refractivity contribution in [3.05, 3.63) is 0 Å². The fourth-order valence-electron chi connectivity index (χ4n) is 3.42. The van der Waals surface area contributed by atoms with Crippen LogP contribution in [-0.2, 0) is 0 Å². The smallest absolute Gasteiger partial charge is 0.0103 e. The molecule has 1 aliphatic rings. The third-order valence-electron chi connectivity index (χ3n) is 4.72. The zero-order valence-corrected chi connectivity index (χ0v) is 13.9. The molecule has 1 aliphatic carbocycles. The van der Waals surface area contributed by atoms with Gasteiger partial charge >= 0.3 is 0 Å². The molecule has 0 spiro atoms. The summed E-state index contributed by atoms with van der Waals surface area (Å²) < 4.78 is 0. The van der Waals surface area contributed by atoms with Gasteiger partial charge in [0, 0.05) is 6.04 Å². The Morgan fingerprint density at radius 2 is 2.00 bits per heavy atom. The number of hydrogen-bond donors (Lipinski definition) is 1. The van der Waals surface area contributed by atoms with Crippen LogP contribution in [0.3, 0.4) is 0 Å². The van der Waals surface area contributed by atoms with Crippen LogP contribution < -0.4 is 5.32 Å². The molecule has 0 aromatic heterocycles. The van der Waals surface area contributed by atoms with Crippen LogP contribution in [-0.4, -0.2) is 24.6 Å². The van der Waals surface area contributed by atoms with E-state index >= 15 is 0 Å². The quantitative estimate of drug-likeness (QED) is 0.728. The third kappa shape index (κ3) is 4.77. The molecule has 1 saturated carbocycles. The van der Waals surface area contributed by atoms with E-state index in [-0.39, 0.29) is 0 Å². The highest BCUT2D eigenvalue weighted by Crippen LogP contribution is 2.42. The number of hydrogen-bond acceptors (Lipinski definition) is 2. The molecule has 1 nitrogen and oxygen atoms in total. The van der Waals surface area contributed by atoms with Crippen molar-refractivity contribution < 1.29 is 0 Å². The van der Waals surface area contributed by atoms with Crippen molar-refractivity contribution in [1.82, 2.24) is 5.32 Å². The molecule has 2 heteroatoms. The SMILES string of the molecule is CCCNC1CC(C)CCC1C(C)(C)CCSC. The number of rotatable bonds is 7. The molecule has 108 valence electrons. The molecule has 0 amide bonds. The first-order valence-corrected chi connectivity index (χ1v) is 9.13. The average molecular weight is 272 g/mol. The zero-order valence-electron chi connectivity index (χ0n) is 13.1. The van der Waals surface area contributed by atoms with Gasteiger partial charge in [0.2, 0.25) is 0 Å². The lowest BCUT2D eigenvalue weighted by Crippen LogP contribution is -2.47. The van der Waals surface area contributed by atoms with E-state index < -0.39 is 0 Å². The highest BCUT2D eigenvalue weighted by molar-refractivity contribution is 7.98. The van der Waals surface area contributed by atoms with Crippen LogP contribution in [0.15, 0.2) is 0 Å². The molecule has 3 atom stereocenters. The lowest BCUT2D eigenvalue weighted by molar-refractivity contribution is 0.0918. The molecule has 0 heterocycles. The van der Waals surface area contributed by atoms with Crippen molar-refractivity contribution in [3.63, 3.8) is 0 Å². The molecule has 0 bridgehead atoms. The Labute approximate surface area is 119 Å². The van der Waals surface area contributed by atoms with Crippen molar-refractivity contribution in [1.29, 1.82) is 0 Å². The summed E-state index contributed by atoms with van der Waals surface area (Å²) in [5, 5.41) is 3.83. The van der Waals surface area contributed by atoms with Gasteiger partial charge in [-0.25, -0.2) is 0 Å². The molecular formula is C16H33NS. The van der Waals surface area contributed by atoms with Gasteiger partial charge in [-0.1, -0.05) is 34.1 Å². The van der Waals surface area contributed by atoms with Crippen molar-refractivity contribution >= 4 is 11.8 Å². The standard InChI is InChI=1S/C16H33NS/c1-6-10-17-15-12-13(2)7-8-14(15)16(3,4)9-11-18-5/h13-15,17H,6-12H2,1-5H3. The largest absolute Gasteiger partial charge is 0.314 e. The van der Waals surface area contributed by atoms with E-state index in [1.807, 2.05) is 11.8 Å². The van der Waals surface area contributed by atoms with Crippen LogP contribution in [0.5, 0.6) is 0 Å². The minimum absolute atomic E-state index is 0.495. The van der Waals surface area contributed by atoms with Gasteiger partial charge in [0.25, 0.3) is 0 Å². The fraction of sp³-hybridized carbons (Fsp3) is 1.00. The molecule has 1 fully saturated rings. The number of nitrogens with one attached hydrogen (secondary N) is 1. The van der Waals surface area contributed by atoms with Gasteiger partial charge in [0.15, 0.2) is 0 Å². The molecule has 0 aromatic rings. The summed E-state index contributed by atoms with van der Waals surface area (Å²) in [6, 6.07) is 0.755. The summed E-state index contributed by atoms with van der Waals surface area (Å²) in [5.74, 6) is 3.08. The van der Waals surface area contributed by atoms with Gasteiger partial charge in [-0.3, -0.25) is 0 Å². The molecule has 3 unspecified atom stereocenters. The van der Waals surface area contributed by atoms with Crippen LogP contribution >= 0.6 is 11.8 Å². The summed E-state index contributed by atoms with van der Waals surface area (Å²) in [6.07, 6.45) is 9.07. The lowest BCUT2D eigenvalue weighted by Gasteiger charge is -2.45. The van der Waals surface area contributed by atoms with Crippen molar-refractivity contribution in [2.45, 2.75) is 65.8 Å². The summed E-state index contributed by atoms with van der Waals surface area (Å²) in [4.78, 5) is 0. The van der Waals surface area contributed by atoms with Crippen LogP contribution in [0.1, 0.15) is 59.8 Å². The van der Waals surface area contributed by atoms with Gasteiger partial charge in [0.05, 0.1) is 0 Å². The molecule has 0 aromatic carbocycles. The Kier molecular flexibility index (Phi) is 7.08. The van der Waals surface area contributed by atoms with E-state index in [0.29, 0.717) is 5.41 Å². The van der Waals surface area contributed by atoms with Crippen LogP contribution in [0.25, 0.3) is 0 Å².